The average molecular weight is 348 g/mol. The minimum absolute atomic E-state index is 0.154. The number of halogens is 1. The number of amides is 1. The summed E-state index contributed by atoms with van der Waals surface area (Å²) in [6.07, 6.45) is 0.440. The van der Waals surface area contributed by atoms with E-state index in [1.165, 1.54) is 12.1 Å². The van der Waals surface area contributed by atoms with E-state index in [0.29, 0.717) is 0 Å². The predicted molar refractivity (Wildman–Crippen MR) is 85.3 cm³/mol. The molecule has 1 amide bonds. The zero-order valence-corrected chi connectivity index (χ0v) is 12.7. The zero-order valence-electron chi connectivity index (χ0n) is 12.0. The van der Waals surface area contributed by atoms with Gasteiger partial charge in [-0.1, -0.05) is 23.7 Å². The lowest BCUT2D eigenvalue weighted by Gasteiger charge is -2.10. The lowest BCUT2D eigenvalue weighted by atomic mass is 10.3. The number of hydrogen-bond donors (Lipinski definition) is 3. The molecule has 1 heterocycles. The molecule has 0 saturated carbocycles. The summed E-state index contributed by atoms with van der Waals surface area (Å²) in [5.41, 5.74) is -0.00851. The number of rotatable bonds is 4. The number of H-pyrrole nitrogens is 1. The first kappa shape index (κ1) is 17.0. The largest absolute Gasteiger partial charge is 0.493 e. The molecule has 10 heteroatoms. The average Bonchev–Trinajstić information content (AvgIpc) is 2.52. The SMILES string of the molecule is N#CCC(=O)NN=Cc1c(O)n(-c2ccccc2Cl)c(=O)[nH]c1=O. The number of aromatic amines is 1. The Morgan fingerprint density at radius 3 is 2.83 bits per heavy atom. The van der Waals surface area contributed by atoms with E-state index in [2.05, 4.69) is 5.10 Å². The van der Waals surface area contributed by atoms with E-state index in [9.17, 15) is 19.5 Å². The van der Waals surface area contributed by atoms with Gasteiger partial charge in [0.25, 0.3) is 11.5 Å². The first-order valence-electron chi connectivity index (χ1n) is 6.47. The van der Waals surface area contributed by atoms with Gasteiger partial charge in [-0.3, -0.25) is 14.6 Å². The molecule has 2 rings (SSSR count). The molecule has 0 spiro atoms. The van der Waals surface area contributed by atoms with Crippen molar-refractivity contribution in [2.75, 3.05) is 0 Å². The summed E-state index contributed by atoms with van der Waals surface area (Å²) in [5.74, 6) is -1.39. The van der Waals surface area contributed by atoms with Crippen LogP contribution in [0.4, 0.5) is 0 Å². The molecule has 0 aliphatic heterocycles. The van der Waals surface area contributed by atoms with Gasteiger partial charge in [0.2, 0.25) is 5.88 Å². The van der Waals surface area contributed by atoms with Gasteiger partial charge in [0.1, 0.15) is 12.0 Å². The third-order valence-corrected chi connectivity index (χ3v) is 3.16. The van der Waals surface area contributed by atoms with E-state index >= 15 is 0 Å². The van der Waals surface area contributed by atoms with Crippen LogP contribution in [0.2, 0.25) is 5.02 Å². The Morgan fingerprint density at radius 2 is 2.17 bits per heavy atom. The Kier molecular flexibility index (Phi) is 5.13. The number of nitrogens with zero attached hydrogens (tertiary/aromatic N) is 3. The molecule has 1 aromatic heterocycles. The third kappa shape index (κ3) is 3.50. The van der Waals surface area contributed by atoms with E-state index in [0.717, 1.165) is 10.8 Å². The molecule has 0 aliphatic rings. The molecule has 0 saturated heterocycles. The van der Waals surface area contributed by atoms with E-state index in [4.69, 9.17) is 16.9 Å². The van der Waals surface area contributed by atoms with Crippen LogP contribution >= 0.6 is 11.6 Å². The molecule has 0 aliphatic carbocycles. The zero-order chi connectivity index (χ0) is 17.7. The maximum absolute atomic E-state index is 12.0. The summed E-state index contributed by atoms with van der Waals surface area (Å²) >= 11 is 5.99. The summed E-state index contributed by atoms with van der Waals surface area (Å²) in [7, 11) is 0. The number of para-hydroxylation sites is 1. The molecule has 0 radical (unpaired) electrons. The minimum Gasteiger partial charge on any atom is -0.493 e. The second-order valence-corrected chi connectivity index (χ2v) is 4.82. The van der Waals surface area contributed by atoms with E-state index in [1.54, 1.807) is 18.2 Å². The molecule has 9 nitrogen and oxygen atoms in total. The number of hydrazone groups is 1. The van der Waals surface area contributed by atoms with Crippen molar-refractivity contribution in [2.45, 2.75) is 6.42 Å². The van der Waals surface area contributed by atoms with E-state index < -0.39 is 29.5 Å². The molecule has 3 N–H and O–H groups in total. The van der Waals surface area contributed by atoms with Crippen molar-refractivity contribution in [3.05, 3.63) is 55.7 Å². The topological polar surface area (TPSA) is 140 Å². The van der Waals surface area contributed by atoms with Gasteiger partial charge in [-0.2, -0.15) is 10.4 Å². The second kappa shape index (κ2) is 7.26. The number of aromatic hydroxyl groups is 1. The molecule has 0 atom stereocenters. The molecule has 24 heavy (non-hydrogen) atoms. The van der Waals surface area contributed by atoms with Gasteiger partial charge < -0.3 is 5.11 Å². The number of nitrogens with one attached hydrogen (secondary N) is 2. The summed E-state index contributed by atoms with van der Waals surface area (Å²) in [6.45, 7) is 0. The Bertz CT molecular complexity index is 970. The molecular weight excluding hydrogens is 338 g/mol. The maximum atomic E-state index is 12.0. The fourth-order valence-electron chi connectivity index (χ4n) is 1.79. The van der Waals surface area contributed by atoms with Crippen LogP contribution in [0.3, 0.4) is 0 Å². The molecule has 122 valence electrons. The van der Waals surface area contributed by atoms with Crippen LogP contribution in [-0.2, 0) is 4.79 Å². The van der Waals surface area contributed by atoms with Gasteiger partial charge in [-0.05, 0) is 12.1 Å². The predicted octanol–water partition coefficient (Wildman–Crippen LogP) is 0.249. The van der Waals surface area contributed by atoms with Crippen LogP contribution in [0, 0.1) is 11.3 Å². The fourth-order valence-corrected chi connectivity index (χ4v) is 2.01. The summed E-state index contributed by atoms with van der Waals surface area (Å²) in [4.78, 5) is 36.9. The Hall–Kier alpha value is -3.38. The summed E-state index contributed by atoms with van der Waals surface area (Å²) in [5, 5.41) is 22.2. The molecule has 1 aromatic carbocycles. The highest BCUT2D eigenvalue weighted by molar-refractivity contribution is 6.32. The van der Waals surface area contributed by atoms with Gasteiger partial charge in [-0.15, -0.1) is 0 Å². The van der Waals surface area contributed by atoms with Crippen LogP contribution in [0.5, 0.6) is 5.88 Å². The Morgan fingerprint density at radius 1 is 1.46 bits per heavy atom. The van der Waals surface area contributed by atoms with E-state index in [1.807, 2.05) is 10.4 Å². The molecule has 2 aromatic rings. The Balaban J connectivity index is 2.50. The number of carbonyl (C=O) groups is 1. The molecule has 0 fully saturated rings. The van der Waals surface area contributed by atoms with Crippen molar-refractivity contribution < 1.29 is 9.90 Å². The van der Waals surface area contributed by atoms with Crippen molar-refractivity contribution in [2.24, 2.45) is 5.10 Å². The highest BCUT2D eigenvalue weighted by Gasteiger charge is 2.16. The van der Waals surface area contributed by atoms with Crippen molar-refractivity contribution in [1.82, 2.24) is 15.0 Å². The van der Waals surface area contributed by atoms with Crippen LogP contribution in [-0.4, -0.2) is 26.8 Å². The van der Waals surface area contributed by atoms with Gasteiger partial charge in [-0.25, -0.2) is 14.8 Å². The number of hydrogen-bond acceptors (Lipinski definition) is 6. The second-order valence-electron chi connectivity index (χ2n) is 4.41. The quantitative estimate of drug-likeness (QED) is 0.537. The molecule has 0 unspecified atom stereocenters. The number of nitriles is 1. The van der Waals surface area contributed by atoms with Crippen LogP contribution in [0.25, 0.3) is 5.69 Å². The van der Waals surface area contributed by atoms with Crippen molar-refractivity contribution in [3.63, 3.8) is 0 Å². The monoisotopic (exact) mass is 347 g/mol. The number of benzene rings is 1. The third-order valence-electron chi connectivity index (χ3n) is 2.84. The smallest absolute Gasteiger partial charge is 0.335 e. The maximum Gasteiger partial charge on any atom is 0.335 e. The first-order valence-corrected chi connectivity index (χ1v) is 6.85. The van der Waals surface area contributed by atoms with Crippen molar-refractivity contribution in [1.29, 1.82) is 5.26 Å². The summed E-state index contributed by atoms with van der Waals surface area (Å²) in [6, 6.07) is 7.82. The van der Waals surface area contributed by atoms with Crippen molar-refractivity contribution in [3.8, 4) is 17.6 Å². The first-order chi connectivity index (χ1) is 11.5. The Labute approximate surface area is 139 Å². The number of aromatic nitrogens is 2. The highest BCUT2D eigenvalue weighted by Crippen LogP contribution is 2.22. The van der Waals surface area contributed by atoms with Crippen LogP contribution in [0.1, 0.15) is 12.0 Å². The van der Waals surface area contributed by atoms with Gasteiger partial charge in [0.05, 0.1) is 23.0 Å². The van der Waals surface area contributed by atoms with Crippen molar-refractivity contribution >= 4 is 23.7 Å². The van der Waals surface area contributed by atoms with E-state index in [-0.39, 0.29) is 16.3 Å². The lowest BCUT2D eigenvalue weighted by Crippen LogP contribution is -2.31. The molecule has 0 bridgehead atoms. The normalized spacial score (nSPS) is 10.5. The highest BCUT2D eigenvalue weighted by atomic mass is 35.5. The standard InChI is InChI=1S/C14H10ClN5O4/c15-9-3-1-2-4-10(9)20-13(23)8(12(22)18-14(20)24)7-17-19-11(21)5-6-16/h1-4,7,23H,5H2,(H,19,21)(H,18,22,24). The van der Waals surface area contributed by atoms with Crippen LogP contribution in [0.15, 0.2) is 39.0 Å². The minimum atomic E-state index is -0.904. The fraction of sp³-hybridized carbons (Fsp3) is 0.0714. The van der Waals surface area contributed by atoms with Gasteiger partial charge in [0, 0.05) is 0 Å². The molecular formula is C14H10ClN5O4. The summed E-state index contributed by atoms with van der Waals surface area (Å²) < 4.78 is 0.794. The van der Waals surface area contributed by atoms with Gasteiger partial charge in [0.15, 0.2) is 0 Å². The number of carbonyl (C=O) groups excluding carboxylic acids is 1. The van der Waals surface area contributed by atoms with Crippen LogP contribution < -0.4 is 16.7 Å². The lowest BCUT2D eigenvalue weighted by molar-refractivity contribution is -0.120. The van der Waals surface area contributed by atoms with Gasteiger partial charge >= 0.3 is 5.69 Å².